The van der Waals surface area contributed by atoms with E-state index in [0.29, 0.717) is 5.41 Å². The van der Waals surface area contributed by atoms with E-state index in [-0.39, 0.29) is 0 Å². The normalized spacial score (nSPS) is 30.5. The number of alkyl halides is 1. The third-order valence-corrected chi connectivity index (χ3v) is 6.13. The van der Waals surface area contributed by atoms with Crippen LogP contribution in [0.15, 0.2) is 16.8 Å². The molecule has 1 aromatic rings. The first kappa shape index (κ1) is 13.6. The molecule has 3 atom stereocenters. The molecule has 2 heteroatoms. The Hall–Kier alpha value is 0.180. The van der Waals surface area contributed by atoms with E-state index in [2.05, 4.69) is 53.5 Å². The first-order valence-corrected chi connectivity index (χ1v) is 8.48. The molecule has 0 aliphatic heterocycles. The molecule has 3 unspecified atom stereocenters. The van der Waals surface area contributed by atoms with Crippen molar-refractivity contribution in [2.75, 3.05) is 0 Å². The van der Waals surface area contributed by atoms with Crippen molar-refractivity contribution in [3.63, 3.8) is 0 Å². The molecule has 0 N–H and O–H groups in total. The van der Waals surface area contributed by atoms with E-state index < -0.39 is 0 Å². The van der Waals surface area contributed by atoms with Crippen molar-refractivity contribution < 1.29 is 0 Å². The maximum Gasteiger partial charge on any atom is 0.0177 e. The van der Waals surface area contributed by atoms with Crippen LogP contribution in [0.5, 0.6) is 0 Å². The second-order valence-corrected chi connectivity index (χ2v) is 8.44. The van der Waals surface area contributed by atoms with Gasteiger partial charge in [-0.1, -0.05) is 36.7 Å². The fourth-order valence-electron chi connectivity index (χ4n) is 2.94. The molecule has 0 amide bonds. The van der Waals surface area contributed by atoms with E-state index in [1.54, 1.807) is 0 Å². The zero-order valence-corrected chi connectivity index (χ0v) is 13.5. The van der Waals surface area contributed by atoms with E-state index in [4.69, 9.17) is 0 Å². The van der Waals surface area contributed by atoms with Crippen molar-refractivity contribution in [1.82, 2.24) is 0 Å². The zero-order valence-electron chi connectivity index (χ0n) is 11.1. The molecular weight excluding hydrogens is 292 g/mol. The zero-order chi connectivity index (χ0) is 12.5. The molecule has 0 bridgehead atoms. The van der Waals surface area contributed by atoms with Crippen LogP contribution in [0.2, 0.25) is 0 Å². The monoisotopic (exact) mass is 314 g/mol. The SMILES string of the molecule is CC(C)(C)C1CCC(Br)C(Cc2ccsc2)C1. The van der Waals surface area contributed by atoms with Crippen LogP contribution in [-0.2, 0) is 6.42 Å². The molecular formula is C15H23BrS. The Labute approximate surface area is 118 Å². The van der Waals surface area contributed by atoms with E-state index in [9.17, 15) is 0 Å². The molecule has 1 heterocycles. The van der Waals surface area contributed by atoms with Gasteiger partial charge in [0, 0.05) is 4.83 Å². The smallest absolute Gasteiger partial charge is 0.0177 e. The minimum Gasteiger partial charge on any atom is -0.152 e. The van der Waals surface area contributed by atoms with Crippen molar-refractivity contribution in [2.45, 2.75) is 51.3 Å². The predicted octanol–water partition coefficient (Wildman–Crippen LogP) is 5.52. The Morgan fingerprint density at radius 1 is 1.35 bits per heavy atom. The first-order valence-electron chi connectivity index (χ1n) is 6.62. The van der Waals surface area contributed by atoms with Crippen LogP contribution < -0.4 is 0 Å². The average molecular weight is 315 g/mol. The van der Waals surface area contributed by atoms with Crippen LogP contribution >= 0.6 is 27.3 Å². The van der Waals surface area contributed by atoms with Gasteiger partial charge in [0.25, 0.3) is 0 Å². The standard InChI is InChI=1S/C15H23BrS/c1-15(2,3)13-4-5-14(16)12(9-13)8-11-6-7-17-10-11/h6-7,10,12-14H,4-5,8-9H2,1-3H3. The molecule has 17 heavy (non-hydrogen) atoms. The van der Waals surface area contributed by atoms with Gasteiger partial charge in [-0.25, -0.2) is 0 Å². The van der Waals surface area contributed by atoms with Crippen LogP contribution in [0, 0.1) is 17.3 Å². The van der Waals surface area contributed by atoms with Crippen LogP contribution in [0.1, 0.15) is 45.6 Å². The van der Waals surface area contributed by atoms with E-state index in [0.717, 1.165) is 16.7 Å². The summed E-state index contributed by atoms with van der Waals surface area (Å²) in [6.45, 7) is 7.19. The highest BCUT2D eigenvalue weighted by Crippen LogP contribution is 2.43. The van der Waals surface area contributed by atoms with Crippen molar-refractivity contribution in [3.8, 4) is 0 Å². The molecule has 1 aromatic heterocycles. The maximum atomic E-state index is 3.90. The van der Waals surface area contributed by atoms with Crippen molar-refractivity contribution in [1.29, 1.82) is 0 Å². The van der Waals surface area contributed by atoms with E-state index >= 15 is 0 Å². The van der Waals surface area contributed by atoms with Gasteiger partial charge in [0.15, 0.2) is 0 Å². The summed E-state index contributed by atoms with van der Waals surface area (Å²) in [5, 5.41) is 4.50. The van der Waals surface area contributed by atoms with Crippen molar-refractivity contribution in [2.24, 2.45) is 17.3 Å². The second kappa shape index (κ2) is 5.44. The molecule has 0 saturated heterocycles. The van der Waals surface area contributed by atoms with Gasteiger partial charge >= 0.3 is 0 Å². The topological polar surface area (TPSA) is 0 Å². The Morgan fingerprint density at radius 3 is 2.71 bits per heavy atom. The number of hydrogen-bond donors (Lipinski definition) is 0. The molecule has 0 aromatic carbocycles. The molecule has 1 aliphatic rings. The lowest BCUT2D eigenvalue weighted by atomic mass is 9.68. The highest BCUT2D eigenvalue weighted by molar-refractivity contribution is 9.09. The lowest BCUT2D eigenvalue weighted by molar-refractivity contribution is 0.146. The number of hydrogen-bond acceptors (Lipinski definition) is 1. The van der Waals surface area contributed by atoms with Gasteiger partial charge in [-0.2, -0.15) is 11.3 Å². The minimum absolute atomic E-state index is 0.472. The summed E-state index contributed by atoms with van der Waals surface area (Å²) in [7, 11) is 0. The van der Waals surface area contributed by atoms with Gasteiger partial charge < -0.3 is 0 Å². The maximum absolute atomic E-state index is 3.90. The Morgan fingerprint density at radius 2 is 2.12 bits per heavy atom. The lowest BCUT2D eigenvalue weighted by Crippen LogP contribution is -2.33. The Kier molecular flexibility index (Phi) is 4.35. The van der Waals surface area contributed by atoms with Gasteiger partial charge in [-0.15, -0.1) is 0 Å². The molecule has 2 rings (SSSR count). The lowest BCUT2D eigenvalue weighted by Gasteiger charge is -2.40. The van der Waals surface area contributed by atoms with Gasteiger partial charge in [0.05, 0.1) is 0 Å². The second-order valence-electron chi connectivity index (χ2n) is 6.49. The molecule has 0 spiro atoms. The van der Waals surface area contributed by atoms with Gasteiger partial charge in [0.2, 0.25) is 0 Å². The van der Waals surface area contributed by atoms with E-state index in [1.807, 2.05) is 11.3 Å². The van der Waals surface area contributed by atoms with Crippen LogP contribution in [0.4, 0.5) is 0 Å². The predicted molar refractivity (Wildman–Crippen MR) is 81.0 cm³/mol. The largest absolute Gasteiger partial charge is 0.152 e. The van der Waals surface area contributed by atoms with Gasteiger partial charge in [-0.05, 0) is 65.3 Å². The fourth-order valence-corrected chi connectivity index (χ4v) is 4.28. The summed E-state index contributed by atoms with van der Waals surface area (Å²) in [5.74, 6) is 1.71. The van der Waals surface area contributed by atoms with Crippen LogP contribution in [0.3, 0.4) is 0 Å². The number of thiophene rings is 1. The molecule has 1 saturated carbocycles. The number of halogens is 1. The third kappa shape index (κ3) is 3.57. The summed E-state index contributed by atoms with van der Waals surface area (Å²) in [6, 6.07) is 2.28. The Bertz CT molecular complexity index is 336. The quantitative estimate of drug-likeness (QED) is 0.631. The molecule has 1 fully saturated rings. The minimum atomic E-state index is 0.472. The molecule has 96 valence electrons. The fraction of sp³-hybridized carbons (Fsp3) is 0.733. The highest BCUT2D eigenvalue weighted by atomic mass is 79.9. The average Bonchev–Trinajstić information content (AvgIpc) is 2.72. The summed E-state index contributed by atoms with van der Waals surface area (Å²) in [4.78, 5) is 0.723. The van der Waals surface area contributed by atoms with Crippen molar-refractivity contribution >= 4 is 27.3 Å². The van der Waals surface area contributed by atoms with Gasteiger partial charge in [-0.3, -0.25) is 0 Å². The molecule has 1 aliphatic carbocycles. The highest BCUT2D eigenvalue weighted by Gasteiger charge is 2.34. The van der Waals surface area contributed by atoms with Crippen LogP contribution in [-0.4, -0.2) is 4.83 Å². The first-order chi connectivity index (χ1) is 7.97. The van der Waals surface area contributed by atoms with Crippen LogP contribution in [0.25, 0.3) is 0 Å². The summed E-state index contributed by atoms with van der Waals surface area (Å²) < 4.78 is 0. The third-order valence-electron chi connectivity index (χ3n) is 4.19. The van der Waals surface area contributed by atoms with E-state index in [1.165, 1.54) is 31.2 Å². The Balaban J connectivity index is 2.00. The summed E-state index contributed by atoms with van der Waals surface area (Å²) >= 11 is 5.72. The molecule has 0 radical (unpaired) electrons. The summed E-state index contributed by atoms with van der Waals surface area (Å²) in [5.41, 5.74) is 2.00. The number of rotatable bonds is 2. The molecule has 0 nitrogen and oxygen atoms in total. The van der Waals surface area contributed by atoms with Gasteiger partial charge in [0.1, 0.15) is 0 Å². The van der Waals surface area contributed by atoms with Crippen molar-refractivity contribution in [3.05, 3.63) is 22.4 Å². The summed E-state index contributed by atoms with van der Waals surface area (Å²) in [6.07, 6.45) is 5.37.